The van der Waals surface area contributed by atoms with Gasteiger partial charge in [-0.05, 0) is 37.0 Å². The van der Waals surface area contributed by atoms with Gasteiger partial charge in [0.25, 0.3) is 0 Å². The largest absolute Gasteiger partial charge is 0.508 e. The molecule has 0 aliphatic carbocycles. The summed E-state index contributed by atoms with van der Waals surface area (Å²) in [5.74, 6) is -2.69. The van der Waals surface area contributed by atoms with Crippen molar-refractivity contribution in [3.8, 4) is 5.75 Å². The maximum Gasteiger partial charge on any atom is 0.327 e. The Balaban J connectivity index is 1.86. The van der Waals surface area contributed by atoms with E-state index in [0.29, 0.717) is 19.4 Å². The lowest BCUT2D eigenvalue weighted by Crippen LogP contribution is -2.53. The van der Waals surface area contributed by atoms with Crippen LogP contribution in [0, 0.1) is 0 Å². The second-order valence-corrected chi connectivity index (χ2v) is 7.39. The highest BCUT2D eigenvalue weighted by Crippen LogP contribution is 2.18. The van der Waals surface area contributed by atoms with Gasteiger partial charge in [-0.15, -0.1) is 0 Å². The molecule has 1 aliphatic heterocycles. The van der Waals surface area contributed by atoms with Crippen LogP contribution in [0.3, 0.4) is 0 Å². The summed E-state index contributed by atoms with van der Waals surface area (Å²) in [5, 5.41) is 23.2. The summed E-state index contributed by atoms with van der Waals surface area (Å²) in [7, 11) is 0. The minimum Gasteiger partial charge on any atom is -0.508 e. The predicted octanol–water partition coefficient (Wildman–Crippen LogP) is -1.13. The number of phenols is 1. The molecule has 0 aromatic heterocycles. The maximum atomic E-state index is 12.5. The number of thiol groups is 1. The normalized spacial score (nSPS) is 17.8. The molecule has 1 aliphatic rings. The first-order valence-corrected chi connectivity index (χ1v) is 10.1. The molecule has 1 fully saturated rings. The van der Waals surface area contributed by atoms with E-state index in [-0.39, 0.29) is 24.5 Å². The number of aromatic hydroxyl groups is 1. The third kappa shape index (κ3) is 6.36. The first-order valence-electron chi connectivity index (χ1n) is 9.47. The van der Waals surface area contributed by atoms with E-state index in [2.05, 4.69) is 23.3 Å². The molecule has 0 bridgehead atoms. The van der Waals surface area contributed by atoms with Gasteiger partial charge >= 0.3 is 5.97 Å². The van der Waals surface area contributed by atoms with Crippen molar-refractivity contribution >= 4 is 36.3 Å². The quantitative estimate of drug-likeness (QED) is 0.266. The molecule has 30 heavy (non-hydrogen) atoms. The molecule has 164 valence electrons. The van der Waals surface area contributed by atoms with Crippen LogP contribution in [0.5, 0.6) is 5.75 Å². The Morgan fingerprint density at radius 3 is 2.50 bits per heavy atom. The van der Waals surface area contributed by atoms with E-state index in [1.54, 1.807) is 12.1 Å². The number of nitrogens with two attached hydrogens (primary N) is 1. The van der Waals surface area contributed by atoms with Gasteiger partial charge in [0.15, 0.2) is 0 Å². The molecule has 1 saturated heterocycles. The highest BCUT2D eigenvalue weighted by atomic mass is 32.1. The fourth-order valence-electron chi connectivity index (χ4n) is 3.17. The number of nitrogens with zero attached hydrogens (tertiary/aromatic N) is 1. The summed E-state index contributed by atoms with van der Waals surface area (Å²) in [6.45, 7) is 0.0196. The number of carbonyl (C=O) groups excluding carboxylic acids is 3. The Hall–Kier alpha value is -2.79. The summed E-state index contributed by atoms with van der Waals surface area (Å²) in [5.41, 5.74) is 6.63. The number of rotatable bonds is 9. The number of phenolic OH excluding ortho intramolecular Hbond substituents is 1. The Morgan fingerprint density at radius 2 is 1.90 bits per heavy atom. The fourth-order valence-corrected chi connectivity index (χ4v) is 3.41. The van der Waals surface area contributed by atoms with E-state index in [0.717, 1.165) is 5.56 Å². The molecule has 10 nitrogen and oxygen atoms in total. The second kappa shape index (κ2) is 10.8. The Bertz CT molecular complexity index is 788. The van der Waals surface area contributed by atoms with Gasteiger partial charge < -0.3 is 31.5 Å². The first-order chi connectivity index (χ1) is 14.2. The SMILES string of the molecule is N[C@@H](Cc1ccc(O)cc1)C(=O)NCC(=O)N1CCC[C@H]1C(=O)N[C@@H](CS)C(=O)O. The van der Waals surface area contributed by atoms with Gasteiger partial charge in [0.1, 0.15) is 17.8 Å². The number of carboxylic acid groups (broad SMARTS) is 1. The topological polar surface area (TPSA) is 162 Å². The van der Waals surface area contributed by atoms with Gasteiger partial charge in [-0.1, -0.05) is 12.1 Å². The predicted molar refractivity (Wildman–Crippen MR) is 111 cm³/mol. The number of carbonyl (C=O) groups is 4. The van der Waals surface area contributed by atoms with Gasteiger partial charge in [-0.25, -0.2) is 4.79 Å². The summed E-state index contributed by atoms with van der Waals surface area (Å²) >= 11 is 3.90. The molecule has 0 radical (unpaired) electrons. The van der Waals surface area contributed by atoms with Gasteiger partial charge in [-0.3, -0.25) is 14.4 Å². The summed E-state index contributed by atoms with van der Waals surface area (Å²) in [6.07, 6.45) is 1.23. The van der Waals surface area contributed by atoms with Crippen molar-refractivity contribution in [2.45, 2.75) is 37.4 Å². The second-order valence-electron chi connectivity index (χ2n) is 7.02. The zero-order valence-electron chi connectivity index (χ0n) is 16.3. The number of aliphatic carboxylic acids is 1. The van der Waals surface area contributed by atoms with Gasteiger partial charge in [-0.2, -0.15) is 12.6 Å². The smallest absolute Gasteiger partial charge is 0.327 e. The van der Waals surface area contributed by atoms with Crippen molar-refractivity contribution in [1.82, 2.24) is 15.5 Å². The lowest BCUT2D eigenvalue weighted by atomic mass is 10.1. The third-order valence-corrected chi connectivity index (χ3v) is 5.18. The lowest BCUT2D eigenvalue weighted by molar-refractivity contribution is -0.143. The summed E-state index contributed by atoms with van der Waals surface area (Å²) in [4.78, 5) is 49.5. The number of benzene rings is 1. The molecule has 3 amide bonds. The lowest BCUT2D eigenvalue weighted by Gasteiger charge is -2.25. The Kier molecular flexibility index (Phi) is 8.48. The van der Waals surface area contributed by atoms with Crippen molar-refractivity contribution in [3.63, 3.8) is 0 Å². The van der Waals surface area contributed by atoms with Crippen molar-refractivity contribution in [2.75, 3.05) is 18.8 Å². The highest BCUT2D eigenvalue weighted by Gasteiger charge is 2.35. The standard InChI is InChI=1S/C19H26N4O6S/c20-13(8-11-3-5-12(24)6-4-11)17(26)21-9-16(25)23-7-1-2-15(23)18(27)22-14(10-30)19(28)29/h3-6,13-15,24,30H,1-2,7-10,20H2,(H,21,26)(H,22,27)(H,28,29)/t13-,14-,15-/m0/s1. The Morgan fingerprint density at radius 1 is 1.23 bits per heavy atom. The molecule has 1 aromatic rings. The number of hydrogen-bond acceptors (Lipinski definition) is 7. The zero-order chi connectivity index (χ0) is 22.3. The monoisotopic (exact) mass is 438 g/mol. The molecular formula is C19H26N4O6S. The molecule has 0 spiro atoms. The van der Waals surface area contributed by atoms with Gasteiger partial charge in [0, 0.05) is 12.3 Å². The molecule has 1 aromatic carbocycles. The number of carboxylic acids is 1. The molecule has 6 N–H and O–H groups in total. The molecule has 11 heteroatoms. The van der Waals surface area contributed by atoms with E-state index in [4.69, 9.17) is 10.8 Å². The van der Waals surface area contributed by atoms with Crippen molar-refractivity contribution in [2.24, 2.45) is 5.73 Å². The van der Waals surface area contributed by atoms with Gasteiger partial charge in [0.2, 0.25) is 17.7 Å². The van der Waals surface area contributed by atoms with Crippen LogP contribution in [-0.4, -0.2) is 75.8 Å². The van der Waals surface area contributed by atoms with Gasteiger partial charge in [0.05, 0.1) is 12.6 Å². The fraction of sp³-hybridized carbons (Fsp3) is 0.474. The molecule has 0 unspecified atom stereocenters. The molecule has 2 rings (SSSR count). The average Bonchev–Trinajstić information content (AvgIpc) is 3.21. The number of amides is 3. The van der Waals surface area contributed by atoms with Crippen molar-refractivity contribution in [1.29, 1.82) is 0 Å². The summed E-state index contributed by atoms with van der Waals surface area (Å²) < 4.78 is 0. The van der Waals surface area contributed by atoms with E-state index in [1.807, 2.05) is 0 Å². The van der Waals surface area contributed by atoms with E-state index in [1.165, 1.54) is 17.0 Å². The van der Waals surface area contributed by atoms with Crippen LogP contribution in [0.4, 0.5) is 0 Å². The van der Waals surface area contributed by atoms with E-state index < -0.39 is 41.8 Å². The molecule has 3 atom stereocenters. The number of nitrogens with one attached hydrogen (secondary N) is 2. The van der Waals surface area contributed by atoms with E-state index in [9.17, 15) is 24.3 Å². The molecule has 0 saturated carbocycles. The maximum absolute atomic E-state index is 12.5. The minimum atomic E-state index is -1.20. The van der Waals surface area contributed by atoms with Crippen molar-refractivity contribution < 1.29 is 29.4 Å². The average molecular weight is 439 g/mol. The van der Waals surface area contributed by atoms with Crippen molar-refractivity contribution in [3.05, 3.63) is 29.8 Å². The van der Waals surface area contributed by atoms with Crippen LogP contribution in [0.2, 0.25) is 0 Å². The zero-order valence-corrected chi connectivity index (χ0v) is 17.2. The van der Waals surface area contributed by atoms with Crippen LogP contribution in [0.1, 0.15) is 18.4 Å². The van der Waals surface area contributed by atoms with Crippen LogP contribution in [-0.2, 0) is 25.6 Å². The number of hydrogen-bond donors (Lipinski definition) is 6. The van der Waals surface area contributed by atoms with Crippen LogP contribution >= 0.6 is 12.6 Å². The highest BCUT2D eigenvalue weighted by molar-refractivity contribution is 7.80. The first kappa shape index (κ1) is 23.5. The van der Waals surface area contributed by atoms with Crippen LogP contribution in [0.25, 0.3) is 0 Å². The van der Waals surface area contributed by atoms with E-state index >= 15 is 0 Å². The van der Waals surface area contributed by atoms with Crippen LogP contribution < -0.4 is 16.4 Å². The Labute approximate surface area is 179 Å². The molecule has 1 heterocycles. The number of likely N-dealkylation sites (tertiary alicyclic amines) is 1. The third-order valence-electron chi connectivity index (χ3n) is 4.82. The minimum absolute atomic E-state index is 0.0727. The molecular weight excluding hydrogens is 412 g/mol. The summed E-state index contributed by atoms with van der Waals surface area (Å²) in [6, 6.07) is 3.46. The van der Waals surface area contributed by atoms with Crippen LogP contribution in [0.15, 0.2) is 24.3 Å².